The summed E-state index contributed by atoms with van der Waals surface area (Å²) in [5, 5.41) is 5.23. The zero-order chi connectivity index (χ0) is 20.7. The molecule has 0 atom stereocenters. The highest BCUT2D eigenvalue weighted by molar-refractivity contribution is 6.30. The molecule has 2 heterocycles. The first kappa shape index (κ1) is 19.0. The van der Waals surface area contributed by atoms with Gasteiger partial charge >= 0.3 is 5.69 Å². The van der Waals surface area contributed by atoms with Crippen molar-refractivity contribution < 1.29 is 0 Å². The number of benzene rings is 2. The second-order valence-corrected chi connectivity index (χ2v) is 7.37. The van der Waals surface area contributed by atoms with Gasteiger partial charge in [-0.3, -0.25) is 4.79 Å². The van der Waals surface area contributed by atoms with Crippen LogP contribution in [-0.4, -0.2) is 20.4 Å². The fourth-order valence-electron chi connectivity index (χ4n) is 3.49. The Hall–Kier alpha value is -3.38. The molecule has 29 heavy (non-hydrogen) atoms. The Morgan fingerprint density at radius 3 is 2.59 bits per heavy atom. The predicted octanol–water partition coefficient (Wildman–Crippen LogP) is 3.94. The lowest BCUT2D eigenvalue weighted by atomic mass is 10.2. The Bertz CT molecular complexity index is 1390. The zero-order valence-corrected chi connectivity index (χ0v) is 17.0. The number of aromatic amines is 1. The summed E-state index contributed by atoms with van der Waals surface area (Å²) in [6.07, 6.45) is 1.53. The van der Waals surface area contributed by atoms with Crippen molar-refractivity contribution in [2.75, 3.05) is 0 Å². The lowest BCUT2D eigenvalue weighted by Gasteiger charge is -2.13. The van der Waals surface area contributed by atoms with Gasteiger partial charge in [0.1, 0.15) is 0 Å². The molecular weight excluding hydrogens is 388 g/mol. The first-order valence-electron chi connectivity index (χ1n) is 9.10. The fraction of sp³-hybridized carbons (Fsp3) is 0.136. The van der Waals surface area contributed by atoms with Crippen molar-refractivity contribution in [2.45, 2.75) is 20.8 Å². The molecule has 0 aliphatic rings. The Morgan fingerprint density at radius 2 is 1.79 bits per heavy atom. The molecule has 0 radical (unpaired) electrons. The van der Waals surface area contributed by atoms with Gasteiger partial charge in [0.05, 0.1) is 17.1 Å². The number of rotatable bonds is 3. The number of aromatic nitrogens is 3. The summed E-state index contributed by atoms with van der Waals surface area (Å²) < 4.78 is 2.93. The number of nitrogens with one attached hydrogen (secondary N) is 1. The van der Waals surface area contributed by atoms with Crippen molar-refractivity contribution >= 4 is 28.7 Å². The first-order valence-corrected chi connectivity index (χ1v) is 9.48. The average molecular weight is 407 g/mol. The van der Waals surface area contributed by atoms with E-state index in [1.165, 1.54) is 6.21 Å². The molecule has 0 saturated heterocycles. The van der Waals surface area contributed by atoms with Crippen LogP contribution in [-0.2, 0) is 0 Å². The third kappa shape index (κ3) is 3.32. The molecule has 0 saturated carbocycles. The highest BCUT2D eigenvalue weighted by atomic mass is 35.5. The van der Waals surface area contributed by atoms with Crippen LogP contribution in [0.5, 0.6) is 0 Å². The number of fused-ring (bicyclic) bond motifs is 1. The van der Waals surface area contributed by atoms with Crippen LogP contribution in [0.2, 0.25) is 5.02 Å². The first-order chi connectivity index (χ1) is 13.9. The van der Waals surface area contributed by atoms with E-state index in [-0.39, 0.29) is 0 Å². The SMILES string of the molecule is Cc1ccc(Cl)cc1-n1c(C)cc(C=Nn2c(=O)[nH]c3ccccc3c2=O)c1C. The largest absolute Gasteiger partial charge is 0.349 e. The second-order valence-electron chi connectivity index (χ2n) is 6.93. The number of H-pyrrole nitrogens is 1. The summed E-state index contributed by atoms with van der Waals surface area (Å²) in [5.74, 6) is 0. The van der Waals surface area contributed by atoms with Gasteiger partial charge in [-0.25, -0.2) is 4.79 Å². The smallest absolute Gasteiger partial charge is 0.318 e. The van der Waals surface area contributed by atoms with E-state index in [2.05, 4.69) is 14.7 Å². The number of hydrogen-bond donors (Lipinski definition) is 1. The summed E-state index contributed by atoms with van der Waals surface area (Å²) in [7, 11) is 0. The van der Waals surface area contributed by atoms with Crippen molar-refractivity contribution in [1.82, 2.24) is 14.2 Å². The van der Waals surface area contributed by atoms with Crippen LogP contribution in [0.15, 0.2) is 63.2 Å². The molecule has 4 aromatic rings. The average Bonchev–Trinajstić information content (AvgIpc) is 2.97. The van der Waals surface area contributed by atoms with E-state index in [4.69, 9.17) is 11.6 Å². The minimum atomic E-state index is -0.579. The molecule has 0 fully saturated rings. The van der Waals surface area contributed by atoms with Crippen molar-refractivity contribution in [3.05, 3.63) is 96.9 Å². The minimum absolute atomic E-state index is 0.407. The van der Waals surface area contributed by atoms with Gasteiger partial charge in [-0.1, -0.05) is 29.8 Å². The molecule has 2 aromatic heterocycles. The molecular formula is C22H19ClN4O2. The second kappa shape index (κ2) is 7.22. The monoisotopic (exact) mass is 406 g/mol. The van der Waals surface area contributed by atoms with Gasteiger partial charge < -0.3 is 9.55 Å². The third-order valence-electron chi connectivity index (χ3n) is 4.98. The van der Waals surface area contributed by atoms with E-state index in [9.17, 15) is 9.59 Å². The maximum absolute atomic E-state index is 12.6. The number of para-hydroxylation sites is 1. The van der Waals surface area contributed by atoms with Crippen LogP contribution in [0.1, 0.15) is 22.5 Å². The van der Waals surface area contributed by atoms with Gasteiger partial charge in [0.25, 0.3) is 5.56 Å². The van der Waals surface area contributed by atoms with Crippen LogP contribution in [0.3, 0.4) is 0 Å². The fourth-order valence-corrected chi connectivity index (χ4v) is 3.66. The van der Waals surface area contributed by atoms with Crippen molar-refractivity contribution in [1.29, 1.82) is 0 Å². The Labute approximate surface area is 171 Å². The maximum Gasteiger partial charge on any atom is 0.349 e. The van der Waals surface area contributed by atoms with Gasteiger partial charge in [-0.15, -0.1) is 4.68 Å². The molecule has 0 amide bonds. The summed E-state index contributed by atoms with van der Waals surface area (Å²) in [5.41, 5.74) is 4.25. The number of nitrogens with zero attached hydrogens (tertiary/aromatic N) is 3. The summed E-state index contributed by atoms with van der Waals surface area (Å²) in [6, 6.07) is 14.6. The van der Waals surface area contributed by atoms with Gasteiger partial charge in [-0.05, 0) is 56.7 Å². The van der Waals surface area contributed by atoms with E-state index in [0.717, 1.165) is 32.9 Å². The molecule has 6 nitrogen and oxygen atoms in total. The summed E-state index contributed by atoms with van der Waals surface area (Å²) >= 11 is 6.19. The summed E-state index contributed by atoms with van der Waals surface area (Å²) in [6.45, 7) is 5.97. The Kier molecular flexibility index (Phi) is 4.72. The molecule has 0 aliphatic carbocycles. The number of aryl methyl sites for hydroxylation is 2. The lowest BCUT2D eigenvalue weighted by molar-refractivity contribution is 0.771. The highest BCUT2D eigenvalue weighted by Gasteiger charge is 2.12. The van der Waals surface area contributed by atoms with Crippen LogP contribution < -0.4 is 11.2 Å². The van der Waals surface area contributed by atoms with Crippen LogP contribution in [0, 0.1) is 20.8 Å². The molecule has 1 N–H and O–H groups in total. The van der Waals surface area contributed by atoms with E-state index >= 15 is 0 Å². The molecule has 0 spiro atoms. The van der Waals surface area contributed by atoms with E-state index in [1.54, 1.807) is 24.3 Å². The van der Waals surface area contributed by atoms with Gasteiger partial charge in [0.15, 0.2) is 0 Å². The Balaban J connectivity index is 1.82. The van der Waals surface area contributed by atoms with E-state index in [0.29, 0.717) is 15.9 Å². The normalized spacial score (nSPS) is 11.6. The van der Waals surface area contributed by atoms with E-state index < -0.39 is 11.2 Å². The molecule has 7 heteroatoms. The highest BCUT2D eigenvalue weighted by Crippen LogP contribution is 2.25. The standard InChI is InChI=1S/C22H19ClN4O2/c1-13-8-9-17(23)11-20(13)26-14(2)10-16(15(26)3)12-24-27-21(28)18-6-4-5-7-19(18)25-22(27)29/h4-12H,1-3H3,(H,25,29). The minimum Gasteiger partial charge on any atom is -0.318 e. The number of halogens is 1. The molecule has 146 valence electrons. The molecule has 0 unspecified atom stereocenters. The quantitative estimate of drug-likeness (QED) is 0.523. The van der Waals surface area contributed by atoms with Gasteiger partial charge in [-0.2, -0.15) is 5.10 Å². The van der Waals surface area contributed by atoms with Gasteiger partial charge in [0, 0.05) is 27.7 Å². The molecule has 0 bridgehead atoms. The zero-order valence-electron chi connectivity index (χ0n) is 16.2. The van der Waals surface area contributed by atoms with Crippen LogP contribution in [0.25, 0.3) is 16.6 Å². The lowest BCUT2D eigenvalue weighted by Crippen LogP contribution is -2.32. The molecule has 4 rings (SSSR count). The molecule has 0 aliphatic heterocycles. The van der Waals surface area contributed by atoms with Crippen LogP contribution in [0.4, 0.5) is 0 Å². The van der Waals surface area contributed by atoms with Gasteiger partial charge in [0.2, 0.25) is 0 Å². The predicted molar refractivity (Wildman–Crippen MR) is 117 cm³/mol. The molecule has 2 aromatic carbocycles. The number of hydrogen-bond acceptors (Lipinski definition) is 3. The third-order valence-corrected chi connectivity index (χ3v) is 5.21. The van der Waals surface area contributed by atoms with Crippen molar-refractivity contribution in [3.63, 3.8) is 0 Å². The maximum atomic E-state index is 12.6. The Morgan fingerprint density at radius 1 is 1.03 bits per heavy atom. The van der Waals surface area contributed by atoms with Crippen molar-refractivity contribution in [2.24, 2.45) is 5.10 Å². The topological polar surface area (TPSA) is 72.2 Å². The van der Waals surface area contributed by atoms with Crippen LogP contribution >= 0.6 is 11.6 Å². The van der Waals surface area contributed by atoms with E-state index in [1.807, 2.05) is 45.0 Å². The van der Waals surface area contributed by atoms with Crippen molar-refractivity contribution in [3.8, 4) is 5.69 Å². The summed E-state index contributed by atoms with van der Waals surface area (Å²) in [4.78, 5) is 27.6.